The van der Waals surface area contributed by atoms with Crippen molar-refractivity contribution < 1.29 is 0 Å². The molecule has 0 radical (unpaired) electrons. The highest BCUT2D eigenvalue weighted by Gasteiger charge is 2.03. The quantitative estimate of drug-likeness (QED) is 0.519. The molecule has 0 spiro atoms. The number of aromatic nitrogens is 2. The number of benzene rings is 1. The molecular weight excluding hydrogens is 188 g/mol. The summed E-state index contributed by atoms with van der Waals surface area (Å²) >= 11 is 0. The Labute approximate surface area is 87.6 Å². The van der Waals surface area contributed by atoms with E-state index in [1.165, 1.54) is 0 Å². The summed E-state index contributed by atoms with van der Waals surface area (Å²) in [4.78, 5) is 0. The van der Waals surface area contributed by atoms with Crippen LogP contribution in [0.5, 0.6) is 0 Å². The van der Waals surface area contributed by atoms with Gasteiger partial charge in [-0.25, -0.2) is 0 Å². The van der Waals surface area contributed by atoms with Gasteiger partial charge in [0.05, 0.1) is 11.5 Å². The topological polar surface area (TPSA) is 78.6 Å². The summed E-state index contributed by atoms with van der Waals surface area (Å²) in [6, 6.07) is 11.8. The minimum absolute atomic E-state index is 0.137. The predicted octanol–water partition coefficient (Wildman–Crippen LogP) is 1.56. The number of H-pyrrole nitrogens is 1. The number of hydrogen-bond donors (Lipinski definition) is 3. The number of nitrogens with zero attached hydrogens (tertiary/aromatic N) is 1. The van der Waals surface area contributed by atoms with Crippen LogP contribution in [0.15, 0.2) is 36.4 Å². The van der Waals surface area contributed by atoms with E-state index in [-0.39, 0.29) is 5.84 Å². The first-order valence-electron chi connectivity index (χ1n) is 4.68. The van der Waals surface area contributed by atoms with E-state index in [0.29, 0.717) is 6.42 Å². The molecule has 2 aromatic rings. The molecule has 76 valence electrons. The molecule has 0 amide bonds. The lowest BCUT2D eigenvalue weighted by Crippen LogP contribution is -2.12. The molecule has 15 heavy (non-hydrogen) atoms. The van der Waals surface area contributed by atoms with Gasteiger partial charge in [-0.05, 0) is 6.07 Å². The molecule has 1 aromatic carbocycles. The molecule has 2 rings (SSSR count). The molecule has 0 aliphatic carbocycles. The van der Waals surface area contributed by atoms with Gasteiger partial charge in [0, 0.05) is 17.7 Å². The lowest BCUT2D eigenvalue weighted by Gasteiger charge is -1.93. The molecule has 0 saturated carbocycles. The molecule has 1 aromatic heterocycles. The van der Waals surface area contributed by atoms with Crippen LogP contribution in [0.3, 0.4) is 0 Å². The number of nitrogens with one attached hydrogen (secondary N) is 2. The summed E-state index contributed by atoms with van der Waals surface area (Å²) in [6.45, 7) is 0. The molecule has 0 saturated heterocycles. The molecule has 4 nitrogen and oxygen atoms in total. The standard InChI is InChI=1S/C11H12N4/c12-11(13)7-9-6-10(15-14-9)8-4-2-1-3-5-8/h1-6H,7H2,(H3,12,13)(H,14,15). The highest BCUT2D eigenvalue weighted by molar-refractivity contribution is 5.79. The highest BCUT2D eigenvalue weighted by atomic mass is 15.1. The lowest BCUT2D eigenvalue weighted by molar-refractivity contribution is 1.02. The summed E-state index contributed by atoms with van der Waals surface area (Å²) in [5.41, 5.74) is 8.11. The summed E-state index contributed by atoms with van der Waals surface area (Å²) in [5, 5.41) is 14.2. The summed E-state index contributed by atoms with van der Waals surface area (Å²) in [5.74, 6) is 0.137. The lowest BCUT2D eigenvalue weighted by atomic mass is 10.1. The van der Waals surface area contributed by atoms with E-state index in [2.05, 4.69) is 10.2 Å². The van der Waals surface area contributed by atoms with Gasteiger partial charge in [0.15, 0.2) is 0 Å². The van der Waals surface area contributed by atoms with Crippen LogP contribution in [-0.4, -0.2) is 16.0 Å². The van der Waals surface area contributed by atoms with Gasteiger partial charge in [-0.15, -0.1) is 0 Å². The summed E-state index contributed by atoms with van der Waals surface area (Å²) < 4.78 is 0. The molecule has 4 heteroatoms. The smallest absolute Gasteiger partial charge is 0.0965 e. The summed E-state index contributed by atoms with van der Waals surface area (Å²) in [7, 11) is 0. The van der Waals surface area contributed by atoms with Crippen LogP contribution in [0, 0.1) is 5.41 Å². The average Bonchev–Trinajstić information content (AvgIpc) is 2.67. The SMILES string of the molecule is N=C(N)Cc1cc(-c2ccccc2)n[nH]1. The molecular formula is C11H12N4. The second-order valence-corrected chi connectivity index (χ2v) is 3.35. The second-order valence-electron chi connectivity index (χ2n) is 3.35. The Morgan fingerprint density at radius 3 is 2.73 bits per heavy atom. The third-order valence-electron chi connectivity index (χ3n) is 2.08. The fourth-order valence-electron chi connectivity index (χ4n) is 1.41. The van der Waals surface area contributed by atoms with Crippen molar-refractivity contribution in [3.8, 4) is 11.3 Å². The molecule has 0 fully saturated rings. The molecule has 0 bridgehead atoms. The zero-order valence-corrected chi connectivity index (χ0v) is 8.20. The molecule has 4 N–H and O–H groups in total. The first-order valence-corrected chi connectivity index (χ1v) is 4.68. The number of rotatable bonds is 3. The Bertz CT molecular complexity index is 458. The van der Waals surface area contributed by atoms with Gasteiger partial charge >= 0.3 is 0 Å². The van der Waals surface area contributed by atoms with Gasteiger partial charge in [0.2, 0.25) is 0 Å². The zero-order chi connectivity index (χ0) is 10.7. The van der Waals surface area contributed by atoms with Crippen molar-refractivity contribution in [1.82, 2.24) is 10.2 Å². The monoisotopic (exact) mass is 200 g/mol. The van der Waals surface area contributed by atoms with Gasteiger partial charge in [0.1, 0.15) is 0 Å². The van der Waals surface area contributed by atoms with Crippen LogP contribution in [0.2, 0.25) is 0 Å². The van der Waals surface area contributed by atoms with Crippen molar-refractivity contribution in [3.63, 3.8) is 0 Å². The van der Waals surface area contributed by atoms with Crippen molar-refractivity contribution in [1.29, 1.82) is 5.41 Å². The van der Waals surface area contributed by atoms with Gasteiger partial charge < -0.3 is 5.73 Å². The average molecular weight is 200 g/mol. The highest BCUT2D eigenvalue weighted by Crippen LogP contribution is 2.16. The van der Waals surface area contributed by atoms with E-state index in [1.807, 2.05) is 36.4 Å². The number of nitrogens with two attached hydrogens (primary N) is 1. The zero-order valence-electron chi connectivity index (χ0n) is 8.20. The molecule has 0 atom stereocenters. The Hall–Kier alpha value is -2.10. The van der Waals surface area contributed by atoms with E-state index in [9.17, 15) is 0 Å². The van der Waals surface area contributed by atoms with Crippen LogP contribution in [-0.2, 0) is 6.42 Å². The van der Waals surface area contributed by atoms with Gasteiger partial charge in [-0.2, -0.15) is 5.10 Å². The maximum absolute atomic E-state index is 7.18. The van der Waals surface area contributed by atoms with Gasteiger partial charge in [-0.3, -0.25) is 10.5 Å². The Morgan fingerprint density at radius 2 is 2.07 bits per heavy atom. The molecule has 1 heterocycles. The third-order valence-corrected chi connectivity index (χ3v) is 2.08. The second kappa shape index (κ2) is 3.96. The van der Waals surface area contributed by atoms with Gasteiger partial charge in [-0.1, -0.05) is 30.3 Å². The van der Waals surface area contributed by atoms with Crippen LogP contribution >= 0.6 is 0 Å². The van der Waals surface area contributed by atoms with Crippen LogP contribution in [0.25, 0.3) is 11.3 Å². The number of aromatic amines is 1. The van der Waals surface area contributed by atoms with E-state index < -0.39 is 0 Å². The fraction of sp³-hybridized carbons (Fsp3) is 0.0909. The maximum Gasteiger partial charge on any atom is 0.0965 e. The first kappa shape index (κ1) is 9.45. The largest absolute Gasteiger partial charge is 0.387 e. The van der Waals surface area contributed by atoms with E-state index >= 15 is 0 Å². The van der Waals surface area contributed by atoms with Crippen molar-refractivity contribution in [3.05, 3.63) is 42.1 Å². The molecule has 0 aliphatic heterocycles. The van der Waals surface area contributed by atoms with Crippen molar-refractivity contribution >= 4 is 5.84 Å². The predicted molar refractivity (Wildman–Crippen MR) is 59.6 cm³/mol. The normalized spacial score (nSPS) is 10.1. The third kappa shape index (κ3) is 2.22. The van der Waals surface area contributed by atoms with E-state index in [0.717, 1.165) is 17.0 Å². The fourth-order valence-corrected chi connectivity index (χ4v) is 1.41. The minimum atomic E-state index is 0.137. The van der Waals surface area contributed by atoms with Crippen molar-refractivity contribution in [2.75, 3.05) is 0 Å². The maximum atomic E-state index is 7.18. The van der Waals surface area contributed by atoms with Crippen molar-refractivity contribution in [2.24, 2.45) is 5.73 Å². The van der Waals surface area contributed by atoms with E-state index in [4.69, 9.17) is 11.1 Å². The van der Waals surface area contributed by atoms with Gasteiger partial charge in [0.25, 0.3) is 0 Å². The first-order chi connectivity index (χ1) is 7.25. The van der Waals surface area contributed by atoms with Crippen LogP contribution in [0.1, 0.15) is 5.69 Å². The van der Waals surface area contributed by atoms with Crippen LogP contribution < -0.4 is 5.73 Å². The summed E-state index contributed by atoms with van der Waals surface area (Å²) in [6.07, 6.45) is 0.417. The minimum Gasteiger partial charge on any atom is -0.387 e. The number of amidine groups is 1. The molecule has 0 aliphatic rings. The Balaban J connectivity index is 2.24. The molecule has 0 unspecified atom stereocenters. The Morgan fingerprint density at radius 1 is 1.33 bits per heavy atom. The van der Waals surface area contributed by atoms with E-state index in [1.54, 1.807) is 0 Å². The number of hydrogen-bond acceptors (Lipinski definition) is 2. The van der Waals surface area contributed by atoms with Crippen LogP contribution in [0.4, 0.5) is 0 Å². The van der Waals surface area contributed by atoms with Crippen molar-refractivity contribution in [2.45, 2.75) is 6.42 Å². The Kier molecular flexibility index (Phi) is 2.49.